The number of anilines is 4. The topological polar surface area (TPSA) is 101 Å². The molecule has 2 aromatic heterocycles. The van der Waals surface area contributed by atoms with Crippen LogP contribution in [-0.4, -0.2) is 29.9 Å². The summed E-state index contributed by atoms with van der Waals surface area (Å²) >= 11 is 0. The second kappa shape index (κ2) is 8.45. The van der Waals surface area contributed by atoms with E-state index >= 15 is 0 Å². The maximum atomic E-state index is 4.11. The molecule has 8 heteroatoms. The lowest BCUT2D eigenvalue weighted by Crippen LogP contribution is -1.99. The highest BCUT2D eigenvalue weighted by molar-refractivity contribution is 5.82. The van der Waals surface area contributed by atoms with Crippen LogP contribution < -0.4 is 10.6 Å². The van der Waals surface area contributed by atoms with Crippen LogP contribution in [0.2, 0.25) is 0 Å². The molecule has 28 heavy (non-hydrogen) atoms. The number of aromatic nitrogens is 6. The molecule has 0 amide bonds. The molecule has 0 unspecified atom stereocenters. The summed E-state index contributed by atoms with van der Waals surface area (Å²) < 4.78 is 0. The fraction of sp³-hybridized carbons (Fsp3) is 0. The lowest BCUT2D eigenvalue weighted by atomic mass is 10.1. The van der Waals surface area contributed by atoms with Crippen LogP contribution in [0, 0.1) is 0 Å². The van der Waals surface area contributed by atoms with Crippen LogP contribution in [0.4, 0.5) is 23.3 Å². The van der Waals surface area contributed by atoms with Crippen molar-refractivity contribution in [1.82, 2.24) is 29.9 Å². The molecule has 0 saturated carbocycles. The van der Waals surface area contributed by atoms with Gasteiger partial charge in [-0.2, -0.15) is 0 Å². The zero-order valence-electron chi connectivity index (χ0n) is 14.8. The van der Waals surface area contributed by atoms with Crippen LogP contribution in [0.1, 0.15) is 11.1 Å². The highest BCUT2D eigenvalue weighted by atomic mass is 15.1. The van der Waals surface area contributed by atoms with E-state index in [2.05, 4.69) is 40.5 Å². The third-order valence-corrected chi connectivity index (χ3v) is 3.84. The van der Waals surface area contributed by atoms with Gasteiger partial charge >= 0.3 is 0 Å². The van der Waals surface area contributed by atoms with Crippen molar-refractivity contribution in [1.29, 1.82) is 0 Å². The Morgan fingerprint density at radius 3 is 1.36 bits per heavy atom. The predicted molar refractivity (Wildman–Crippen MR) is 108 cm³/mol. The van der Waals surface area contributed by atoms with Crippen LogP contribution in [0.25, 0.3) is 12.2 Å². The first-order valence-electron chi connectivity index (χ1n) is 8.53. The molecule has 4 aromatic rings. The zero-order chi connectivity index (χ0) is 19.0. The summed E-state index contributed by atoms with van der Waals surface area (Å²) in [7, 11) is 0. The third kappa shape index (κ3) is 4.31. The Kier molecular flexibility index (Phi) is 5.20. The van der Waals surface area contributed by atoms with Crippen LogP contribution in [0.3, 0.4) is 0 Å². The highest BCUT2D eigenvalue weighted by Gasteiger charge is 2.03. The van der Waals surface area contributed by atoms with Gasteiger partial charge in [0.05, 0.1) is 0 Å². The molecule has 0 atom stereocenters. The van der Waals surface area contributed by atoms with E-state index in [-0.39, 0.29) is 0 Å². The third-order valence-electron chi connectivity index (χ3n) is 3.84. The molecule has 0 fully saturated rings. The molecule has 2 heterocycles. The first kappa shape index (κ1) is 17.2. The van der Waals surface area contributed by atoms with Gasteiger partial charge in [-0.1, -0.05) is 48.6 Å². The predicted octanol–water partition coefficient (Wildman–Crippen LogP) is 3.71. The number of nitrogens with zero attached hydrogens (tertiary/aromatic N) is 6. The lowest BCUT2D eigenvalue weighted by Gasteiger charge is -2.09. The van der Waals surface area contributed by atoms with Gasteiger partial charge in [0.25, 0.3) is 0 Å². The monoisotopic (exact) mass is 368 g/mol. The molecule has 4 rings (SSSR count). The van der Waals surface area contributed by atoms with Gasteiger partial charge in [0.1, 0.15) is 25.3 Å². The summed E-state index contributed by atoms with van der Waals surface area (Å²) in [6, 6.07) is 15.8. The van der Waals surface area contributed by atoms with E-state index in [4.69, 9.17) is 0 Å². The van der Waals surface area contributed by atoms with Crippen LogP contribution in [-0.2, 0) is 0 Å². The standard InChI is InChI=1S/C20H16N8/c1-3-7-17(27-19-23-11-21-12-24-19)15(5-1)9-10-16-6-2-4-8-18(16)28-20-25-13-22-14-26-20/h1-14H,(H,21,23,24,27)(H,22,25,26,28)/b10-9+. The van der Waals surface area contributed by atoms with E-state index in [1.807, 2.05) is 60.7 Å². The molecular weight excluding hydrogens is 352 g/mol. The average molecular weight is 368 g/mol. The fourth-order valence-corrected chi connectivity index (χ4v) is 2.54. The normalized spacial score (nSPS) is 10.7. The Balaban J connectivity index is 1.59. The Bertz CT molecular complexity index is 981. The number of hydrogen-bond acceptors (Lipinski definition) is 8. The molecule has 2 N–H and O–H groups in total. The van der Waals surface area contributed by atoms with Gasteiger partial charge in [-0.3, -0.25) is 0 Å². The van der Waals surface area contributed by atoms with Crippen molar-refractivity contribution < 1.29 is 0 Å². The number of rotatable bonds is 6. The molecule has 0 aliphatic carbocycles. The Labute approximate surface area is 161 Å². The van der Waals surface area contributed by atoms with Gasteiger partial charge < -0.3 is 10.6 Å². The largest absolute Gasteiger partial charge is 0.324 e. The number of para-hydroxylation sites is 2. The minimum Gasteiger partial charge on any atom is -0.324 e. The molecular formula is C20H16N8. The summed E-state index contributed by atoms with van der Waals surface area (Å²) in [4.78, 5) is 24.1. The Hall–Kier alpha value is -4.20. The molecule has 0 bridgehead atoms. The van der Waals surface area contributed by atoms with Gasteiger partial charge in [0.2, 0.25) is 11.9 Å². The van der Waals surface area contributed by atoms with Crippen molar-refractivity contribution in [3.05, 3.63) is 85.0 Å². The SMILES string of the molecule is C(=C\c1ccccc1Nc1ncncn1)/c1ccccc1Nc1ncncn1. The smallest absolute Gasteiger partial charge is 0.230 e. The first-order valence-corrected chi connectivity index (χ1v) is 8.53. The second-order valence-electron chi connectivity index (χ2n) is 5.68. The molecule has 8 nitrogen and oxygen atoms in total. The fourth-order valence-electron chi connectivity index (χ4n) is 2.54. The number of hydrogen-bond donors (Lipinski definition) is 2. The van der Waals surface area contributed by atoms with Crippen LogP contribution in [0.5, 0.6) is 0 Å². The van der Waals surface area contributed by atoms with Gasteiger partial charge in [0.15, 0.2) is 0 Å². The highest BCUT2D eigenvalue weighted by Crippen LogP contribution is 2.24. The Morgan fingerprint density at radius 2 is 0.929 bits per heavy atom. The second-order valence-corrected chi connectivity index (χ2v) is 5.68. The molecule has 136 valence electrons. The van der Waals surface area contributed by atoms with Crippen molar-refractivity contribution in [2.24, 2.45) is 0 Å². The number of nitrogens with one attached hydrogen (secondary N) is 2. The van der Waals surface area contributed by atoms with Crippen LogP contribution >= 0.6 is 0 Å². The van der Waals surface area contributed by atoms with Crippen molar-refractivity contribution in [3.63, 3.8) is 0 Å². The van der Waals surface area contributed by atoms with Gasteiger partial charge in [-0.15, -0.1) is 0 Å². The first-order chi connectivity index (χ1) is 13.9. The zero-order valence-corrected chi connectivity index (χ0v) is 14.8. The van der Waals surface area contributed by atoms with Crippen molar-refractivity contribution in [2.75, 3.05) is 10.6 Å². The van der Waals surface area contributed by atoms with E-state index in [1.54, 1.807) is 0 Å². The summed E-state index contributed by atoms with van der Waals surface area (Å²) in [5.74, 6) is 0.987. The minimum atomic E-state index is 0.493. The Morgan fingerprint density at radius 1 is 0.536 bits per heavy atom. The van der Waals surface area contributed by atoms with E-state index < -0.39 is 0 Å². The summed E-state index contributed by atoms with van der Waals surface area (Å²) in [6.45, 7) is 0. The quantitative estimate of drug-likeness (QED) is 0.497. The molecule has 0 saturated heterocycles. The van der Waals surface area contributed by atoms with Crippen molar-refractivity contribution >= 4 is 35.4 Å². The number of benzene rings is 2. The summed E-state index contributed by atoms with van der Waals surface area (Å²) in [5, 5.41) is 6.41. The van der Waals surface area contributed by atoms with E-state index in [1.165, 1.54) is 25.3 Å². The maximum absolute atomic E-state index is 4.11. The minimum absolute atomic E-state index is 0.493. The van der Waals surface area contributed by atoms with E-state index in [0.717, 1.165) is 22.5 Å². The van der Waals surface area contributed by atoms with Crippen molar-refractivity contribution in [3.8, 4) is 0 Å². The molecule has 0 aliphatic rings. The molecule has 0 aliphatic heterocycles. The molecule has 2 aromatic carbocycles. The molecule has 0 radical (unpaired) electrons. The summed E-state index contributed by atoms with van der Waals surface area (Å²) in [6.07, 6.45) is 9.87. The van der Waals surface area contributed by atoms with Gasteiger partial charge in [-0.25, -0.2) is 29.9 Å². The lowest BCUT2D eigenvalue weighted by molar-refractivity contribution is 1.05. The van der Waals surface area contributed by atoms with Crippen molar-refractivity contribution in [2.45, 2.75) is 0 Å². The van der Waals surface area contributed by atoms with E-state index in [0.29, 0.717) is 11.9 Å². The van der Waals surface area contributed by atoms with Crippen LogP contribution in [0.15, 0.2) is 73.8 Å². The summed E-state index contributed by atoms with van der Waals surface area (Å²) in [5.41, 5.74) is 3.79. The van der Waals surface area contributed by atoms with E-state index in [9.17, 15) is 0 Å². The average Bonchev–Trinajstić information content (AvgIpc) is 2.76. The van der Waals surface area contributed by atoms with Gasteiger partial charge in [0, 0.05) is 11.4 Å². The van der Waals surface area contributed by atoms with Gasteiger partial charge in [-0.05, 0) is 23.3 Å². The maximum Gasteiger partial charge on any atom is 0.230 e. The molecule has 0 spiro atoms.